The van der Waals surface area contributed by atoms with Crippen LogP contribution in [-0.2, 0) is 4.79 Å². The summed E-state index contributed by atoms with van der Waals surface area (Å²) in [6, 6.07) is 1.04. The Kier molecular flexibility index (Phi) is 12.9. The number of aliphatic imine (C=N–C) groups is 1. The summed E-state index contributed by atoms with van der Waals surface area (Å²) in [5.41, 5.74) is 0. The van der Waals surface area contributed by atoms with Crippen LogP contribution in [0.25, 0.3) is 0 Å². The normalized spacial score (nSPS) is 16.7. The van der Waals surface area contributed by atoms with Gasteiger partial charge in [0.05, 0.1) is 0 Å². The Morgan fingerprint density at radius 1 is 1.33 bits per heavy atom. The molecule has 1 rings (SSSR count). The lowest BCUT2D eigenvalue weighted by Crippen LogP contribution is -2.50. The Labute approximate surface area is 168 Å². The number of amides is 1. The van der Waals surface area contributed by atoms with Crippen LogP contribution >= 0.6 is 35.7 Å². The average molecular weight is 471 g/mol. The molecule has 1 amide bonds. The van der Waals surface area contributed by atoms with Gasteiger partial charge in [-0.05, 0) is 32.9 Å². The van der Waals surface area contributed by atoms with Crippen molar-refractivity contribution in [2.45, 2.75) is 38.8 Å². The Hall–Kier alpha value is -0.220. The van der Waals surface area contributed by atoms with Crippen molar-refractivity contribution in [1.82, 2.24) is 20.4 Å². The van der Waals surface area contributed by atoms with Crippen LogP contribution in [0.15, 0.2) is 4.99 Å². The van der Waals surface area contributed by atoms with Crippen molar-refractivity contribution < 1.29 is 4.79 Å². The molecule has 24 heavy (non-hydrogen) atoms. The maximum atomic E-state index is 11.7. The van der Waals surface area contributed by atoms with Crippen LogP contribution in [0.2, 0.25) is 0 Å². The molecular formula is C16H34IN5OS. The first-order valence-electron chi connectivity index (χ1n) is 8.42. The fraction of sp³-hybridized carbons (Fsp3) is 0.875. The summed E-state index contributed by atoms with van der Waals surface area (Å²) in [5.74, 6) is 1.80. The second-order valence-electron chi connectivity index (χ2n) is 6.42. The fourth-order valence-electron chi connectivity index (χ4n) is 2.47. The number of likely N-dealkylation sites (N-methyl/N-ethyl adjacent to an activating group) is 1. The van der Waals surface area contributed by atoms with E-state index in [2.05, 4.69) is 40.6 Å². The largest absolute Gasteiger partial charge is 0.356 e. The summed E-state index contributed by atoms with van der Waals surface area (Å²) in [5, 5.41) is 6.83. The van der Waals surface area contributed by atoms with Crippen molar-refractivity contribution in [1.29, 1.82) is 0 Å². The monoisotopic (exact) mass is 471 g/mol. The number of nitrogens with one attached hydrogen (secondary N) is 2. The minimum absolute atomic E-state index is 0. The van der Waals surface area contributed by atoms with Gasteiger partial charge in [0.2, 0.25) is 5.91 Å². The summed E-state index contributed by atoms with van der Waals surface area (Å²) in [6.07, 6.45) is 4.31. The van der Waals surface area contributed by atoms with Gasteiger partial charge in [0.25, 0.3) is 0 Å². The molecule has 8 heteroatoms. The molecule has 0 unspecified atom stereocenters. The third-order valence-corrected chi connectivity index (χ3v) is 4.68. The van der Waals surface area contributed by atoms with E-state index >= 15 is 0 Å². The molecule has 0 saturated carbocycles. The average Bonchev–Trinajstić information content (AvgIpc) is 2.52. The van der Waals surface area contributed by atoms with Crippen molar-refractivity contribution in [2.24, 2.45) is 4.99 Å². The van der Waals surface area contributed by atoms with Crippen LogP contribution in [-0.4, -0.2) is 86.0 Å². The summed E-state index contributed by atoms with van der Waals surface area (Å²) < 4.78 is 0. The number of carbonyl (C=O) groups is 1. The summed E-state index contributed by atoms with van der Waals surface area (Å²) in [4.78, 5) is 20.3. The number of hydrogen-bond donors (Lipinski definition) is 2. The molecule has 142 valence electrons. The third-order valence-electron chi connectivity index (χ3n) is 4.07. The van der Waals surface area contributed by atoms with E-state index < -0.39 is 0 Å². The molecule has 1 saturated heterocycles. The minimum Gasteiger partial charge on any atom is -0.356 e. The van der Waals surface area contributed by atoms with Gasteiger partial charge in [-0.2, -0.15) is 11.8 Å². The van der Waals surface area contributed by atoms with Gasteiger partial charge < -0.3 is 20.4 Å². The highest BCUT2D eigenvalue weighted by Gasteiger charge is 2.21. The molecular weight excluding hydrogens is 437 g/mol. The van der Waals surface area contributed by atoms with E-state index in [0.29, 0.717) is 12.1 Å². The number of nitrogens with zero attached hydrogens (tertiary/aromatic N) is 3. The Bertz CT molecular complexity index is 385. The van der Waals surface area contributed by atoms with Crippen LogP contribution in [0.4, 0.5) is 0 Å². The molecule has 0 aromatic rings. The van der Waals surface area contributed by atoms with Crippen molar-refractivity contribution in [3.8, 4) is 0 Å². The Balaban J connectivity index is 0.00000529. The highest BCUT2D eigenvalue weighted by atomic mass is 127. The summed E-state index contributed by atoms with van der Waals surface area (Å²) in [6.45, 7) is 7.77. The number of thioether (sulfide) groups is 1. The highest BCUT2D eigenvalue weighted by molar-refractivity contribution is 14.0. The number of rotatable bonds is 7. The summed E-state index contributed by atoms with van der Waals surface area (Å²) >= 11 is 1.80. The predicted octanol–water partition coefficient (Wildman–Crippen LogP) is 1.46. The van der Waals surface area contributed by atoms with Crippen molar-refractivity contribution in [3.05, 3.63) is 0 Å². The van der Waals surface area contributed by atoms with Gasteiger partial charge in [0, 0.05) is 51.6 Å². The van der Waals surface area contributed by atoms with Crippen LogP contribution < -0.4 is 10.6 Å². The van der Waals surface area contributed by atoms with E-state index in [1.54, 1.807) is 30.8 Å². The van der Waals surface area contributed by atoms with Crippen LogP contribution in [0.5, 0.6) is 0 Å². The van der Waals surface area contributed by atoms with E-state index in [-0.39, 0.29) is 36.4 Å². The number of hydrogen-bond acceptors (Lipinski definition) is 4. The third kappa shape index (κ3) is 9.31. The molecule has 0 aromatic carbocycles. The molecule has 0 spiro atoms. The van der Waals surface area contributed by atoms with Gasteiger partial charge in [-0.1, -0.05) is 0 Å². The van der Waals surface area contributed by atoms with E-state index in [4.69, 9.17) is 0 Å². The van der Waals surface area contributed by atoms with E-state index in [1.807, 2.05) is 0 Å². The zero-order valence-electron chi connectivity index (χ0n) is 15.7. The van der Waals surface area contributed by atoms with E-state index in [9.17, 15) is 4.79 Å². The lowest BCUT2D eigenvalue weighted by atomic mass is 10.0. The maximum Gasteiger partial charge on any atom is 0.243 e. The smallest absolute Gasteiger partial charge is 0.243 e. The zero-order valence-corrected chi connectivity index (χ0v) is 18.8. The first kappa shape index (κ1) is 23.8. The lowest BCUT2D eigenvalue weighted by molar-refractivity contribution is -0.127. The standard InChI is InChI=1S/C16H33N5OS.HI/c1-13(2)21-9-6-14(7-10-21)19-16(17-8-11-23-5)18-12-15(22)20(3)4;/h13-14H,6-12H2,1-5H3,(H2,17,18,19);1H. The second-order valence-corrected chi connectivity index (χ2v) is 7.41. The second kappa shape index (κ2) is 13.0. The van der Waals surface area contributed by atoms with Crippen LogP contribution in [0.1, 0.15) is 26.7 Å². The number of likely N-dealkylation sites (tertiary alicyclic amines) is 1. The number of carbonyl (C=O) groups excluding carboxylic acids is 1. The minimum atomic E-state index is 0. The molecule has 1 aliphatic heterocycles. The molecule has 0 aromatic heterocycles. The molecule has 6 nitrogen and oxygen atoms in total. The van der Waals surface area contributed by atoms with Crippen LogP contribution in [0, 0.1) is 0 Å². The van der Waals surface area contributed by atoms with Crippen molar-refractivity contribution >= 4 is 47.6 Å². The Morgan fingerprint density at radius 2 is 1.96 bits per heavy atom. The first-order valence-corrected chi connectivity index (χ1v) is 9.81. The van der Waals surface area contributed by atoms with E-state index in [0.717, 1.165) is 44.2 Å². The van der Waals surface area contributed by atoms with E-state index in [1.165, 1.54) is 0 Å². The molecule has 0 aliphatic carbocycles. The van der Waals surface area contributed by atoms with Gasteiger partial charge in [0.15, 0.2) is 5.96 Å². The molecule has 1 heterocycles. The van der Waals surface area contributed by atoms with Gasteiger partial charge in [-0.3, -0.25) is 4.79 Å². The zero-order chi connectivity index (χ0) is 17.2. The van der Waals surface area contributed by atoms with Gasteiger partial charge in [0.1, 0.15) is 6.54 Å². The van der Waals surface area contributed by atoms with Crippen molar-refractivity contribution in [3.63, 3.8) is 0 Å². The maximum absolute atomic E-state index is 11.7. The highest BCUT2D eigenvalue weighted by Crippen LogP contribution is 2.12. The first-order chi connectivity index (χ1) is 10.9. The molecule has 0 radical (unpaired) electrons. The molecule has 1 fully saturated rings. The SMILES string of the molecule is CSCCNC(=NCC(=O)N(C)C)NC1CCN(C(C)C)CC1.I. The topological polar surface area (TPSA) is 60.0 Å². The molecule has 0 bridgehead atoms. The Morgan fingerprint density at radius 3 is 2.46 bits per heavy atom. The predicted molar refractivity (Wildman–Crippen MR) is 116 cm³/mol. The molecule has 1 aliphatic rings. The number of halogens is 1. The fourth-order valence-corrected chi connectivity index (χ4v) is 2.77. The van der Waals surface area contributed by atoms with Gasteiger partial charge in [-0.25, -0.2) is 4.99 Å². The quantitative estimate of drug-likeness (QED) is 0.255. The number of piperidine rings is 1. The van der Waals surface area contributed by atoms with Gasteiger partial charge in [-0.15, -0.1) is 24.0 Å². The number of guanidine groups is 1. The van der Waals surface area contributed by atoms with Crippen molar-refractivity contribution in [2.75, 3.05) is 52.3 Å². The molecule has 0 atom stereocenters. The van der Waals surface area contributed by atoms with Crippen LogP contribution in [0.3, 0.4) is 0 Å². The van der Waals surface area contributed by atoms with Gasteiger partial charge >= 0.3 is 0 Å². The summed E-state index contributed by atoms with van der Waals surface area (Å²) in [7, 11) is 3.52. The lowest BCUT2D eigenvalue weighted by Gasteiger charge is -2.35. The molecule has 2 N–H and O–H groups in total.